The van der Waals surface area contributed by atoms with E-state index in [-0.39, 0.29) is 23.4 Å². The molecule has 3 rings (SSSR count). The van der Waals surface area contributed by atoms with Gasteiger partial charge in [-0.1, -0.05) is 30.2 Å². The quantitative estimate of drug-likeness (QED) is 0.856. The zero-order chi connectivity index (χ0) is 18.0. The number of hydrogen-bond donors (Lipinski definition) is 1. The lowest BCUT2D eigenvalue weighted by molar-refractivity contribution is 0.0981. The van der Waals surface area contributed by atoms with Crippen molar-refractivity contribution in [3.63, 3.8) is 0 Å². The Morgan fingerprint density at radius 2 is 2.04 bits per heavy atom. The van der Waals surface area contributed by atoms with E-state index in [1.54, 1.807) is 17.0 Å². The lowest BCUT2D eigenvalue weighted by atomic mass is 10.1. The van der Waals surface area contributed by atoms with Crippen molar-refractivity contribution in [2.24, 2.45) is 0 Å². The Bertz CT molecular complexity index is 961. The number of sulfonamides is 1. The van der Waals surface area contributed by atoms with E-state index in [0.717, 1.165) is 17.7 Å². The van der Waals surface area contributed by atoms with E-state index in [2.05, 4.69) is 10.6 Å². The second-order valence-electron chi connectivity index (χ2n) is 5.91. The SMILES string of the molecule is C#CCNS(=O)(=O)c1cccc(C(=O)N2c3ccccc3CC2C)c1. The molecule has 2 aromatic rings. The van der Waals surface area contributed by atoms with Gasteiger partial charge in [0.1, 0.15) is 0 Å². The van der Waals surface area contributed by atoms with Gasteiger partial charge in [0.2, 0.25) is 10.0 Å². The Hall–Kier alpha value is -2.62. The lowest BCUT2D eigenvalue weighted by Crippen LogP contribution is -2.35. The van der Waals surface area contributed by atoms with Gasteiger partial charge in [-0.25, -0.2) is 8.42 Å². The normalized spacial score (nSPS) is 16.3. The van der Waals surface area contributed by atoms with Crippen LogP contribution >= 0.6 is 0 Å². The molecular weight excluding hydrogens is 336 g/mol. The molecule has 0 aromatic heterocycles. The Morgan fingerprint density at radius 3 is 2.80 bits per heavy atom. The summed E-state index contributed by atoms with van der Waals surface area (Å²) in [6.07, 6.45) is 5.88. The number of benzene rings is 2. The number of nitrogens with one attached hydrogen (secondary N) is 1. The molecule has 1 atom stereocenters. The fourth-order valence-electron chi connectivity index (χ4n) is 3.03. The maximum Gasteiger partial charge on any atom is 0.258 e. The average Bonchev–Trinajstić information content (AvgIpc) is 2.95. The van der Waals surface area contributed by atoms with Crippen molar-refractivity contribution >= 4 is 21.6 Å². The largest absolute Gasteiger partial charge is 0.305 e. The number of carbonyl (C=O) groups excluding carboxylic acids is 1. The maximum absolute atomic E-state index is 13.0. The first-order valence-electron chi connectivity index (χ1n) is 7.88. The highest BCUT2D eigenvalue weighted by atomic mass is 32.2. The first kappa shape index (κ1) is 17.2. The smallest absolute Gasteiger partial charge is 0.258 e. The number of para-hydroxylation sites is 1. The number of anilines is 1. The van der Waals surface area contributed by atoms with Crippen LogP contribution in [0.3, 0.4) is 0 Å². The van der Waals surface area contributed by atoms with Gasteiger partial charge in [-0.3, -0.25) is 4.79 Å². The number of hydrogen-bond acceptors (Lipinski definition) is 3. The van der Waals surface area contributed by atoms with Crippen molar-refractivity contribution in [3.05, 3.63) is 59.7 Å². The second kappa shape index (κ2) is 6.71. The zero-order valence-corrected chi connectivity index (χ0v) is 14.6. The molecule has 1 heterocycles. The van der Waals surface area contributed by atoms with Crippen LogP contribution in [-0.2, 0) is 16.4 Å². The van der Waals surface area contributed by atoms with Gasteiger partial charge in [-0.15, -0.1) is 6.42 Å². The summed E-state index contributed by atoms with van der Waals surface area (Å²) in [6.45, 7) is 1.88. The van der Waals surface area contributed by atoms with E-state index in [9.17, 15) is 13.2 Å². The van der Waals surface area contributed by atoms with Crippen LogP contribution in [-0.4, -0.2) is 26.9 Å². The first-order chi connectivity index (χ1) is 11.9. The molecule has 1 aliphatic heterocycles. The molecule has 0 aliphatic carbocycles. The minimum absolute atomic E-state index is 0.0183. The highest BCUT2D eigenvalue weighted by Crippen LogP contribution is 2.33. The maximum atomic E-state index is 13.0. The van der Waals surface area contributed by atoms with Gasteiger partial charge in [0.05, 0.1) is 11.4 Å². The Morgan fingerprint density at radius 1 is 1.28 bits per heavy atom. The number of nitrogens with zero attached hydrogens (tertiary/aromatic N) is 1. The average molecular weight is 354 g/mol. The van der Waals surface area contributed by atoms with Crippen LogP contribution in [0.5, 0.6) is 0 Å². The van der Waals surface area contributed by atoms with E-state index in [1.807, 2.05) is 31.2 Å². The summed E-state index contributed by atoms with van der Waals surface area (Å²) in [6, 6.07) is 13.8. The van der Waals surface area contributed by atoms with Crippen LogP contribution in [0, 0.1) is 12.3 Å². The predicted molar refractivity (Wildman–Crippen MR) is 96.9 cm³/mol. The molecule has 0 fully saturated rings. The molecule has 1 unspecified atom stereocenters. The zero-order valence-electron chi connectivity index (χ0n) is 13.8. The number of rotatable bonds is 4. The molecule has 0 radical (unpaired) electrons. The molecule has 0 saturated heterocycles. The third-order valence-electron chi connectivity index (χ3n) is 4.18. The van der Waals surface area contributed by atoms with Crippen LogP contribution in [0.2, 0.25) is 0 Å². The second-order valence-corrected chi connectivity index (χ2v) is 7.68. The van der Waals surface area contributed by atoms with Crippen LogP contribution in [0.15, 0.2) is 53.4 Å². The van der Waals surface area contributed by atoms with E-state index >= 15 is 0 Å². The Balaban J connectivity index is 1.94. The summed E-state index contributed by atoms with van der Waals surface area (Å²) < 4.78 is 26.7. The molecule has 128 valence electrons. The number of carbonyl (C=O) groups is 1. The number of amides is 1. The molecule has 25 heavy (non-hydrogen) atoms. The van der Waals surface area contributed by atoms with Crippen LogP contribution in [0.1, 0.15) is 22.8 Å². The Kier molecular flexibility index (Phi) is 4.62. The van der Waals surface area contributed by atoms with Crippen LogP contribution in [0.4, 0.5) is 5.69 Å². The molecule has 2 aromatic carbocycles. The fraction of sp³-hybridized carbons (Fsp3) is 0.211. The van der Waals surface area contributed by atoms with Crippen LogP contribution in [0.25, 0.3) is 0 Å². The lowest BCUT2D eigenvalue weighted by Gasteiger charge is -2.23. The molecule has 0 spiro atoms. The van der Waals surface area contributed by atoms with Gasteiger partial charge in [0.15, 0.2) is 0 Å². The molecule has 0 saturated carbocycles. The summed E-state index contributed by atoms with van der Waals surface area (Å²) >= 11 is 0. The molecule has 1 aliphatic rings. The van der Waals surface area contributed by atoms with Gasteiger partial charge in [-0.05, 0) is 43.2 Å². The summed E-state index contributed by atoms with van der Waals surface area (Å²) in [5.74, 6) is 2.01. The Labute approximate surface area is 147 Å². The molecule has 0 bridgehead atoms. The van der Waals surface area contributed by atoms with E-state index in [1.165, 1.54) is 12.1 Å². The van der Waals surface area contributed by atoms with Gasteiger partial charge < -0.3 is 4.90 Å². The monoisotopic (exact) mass is 354 g/mol. The molecule has 1 N–H and O–H groups in total. The van der Waals surface area contributed by atoms with E-state index in [4.69, 9.17) is 6.42 Å². The van der Waals surface area contributed by atoms with Gasteiger partial charge in [-0.2, -0.15) is 4.72 Å². The summed E-state index contributed by atoms with van der Waals surface area (Å²) in [5, 5.41) is 0. The summed E-state index contributed by atoms with van der Waals surface area (Å²) in [5.41, 5.74) is 2.31. The molecular formula is C19H18N2O3S. The van der Waals surface area contributed by atoms with Gasteiger partial charge in [0, 0.05) is 17.3 Å². The van der Waals surface area contributed by atoms with E-state index < -0.39 is 10.0 Å². The van der Waals surface area contributed by atoms with E-state index in [0.29, 0.717) is 5.56 Å². The van der Waals surface area contributed by atoms with Crippen molar-refractivity contribution in [1.29, 1.82) is 0 Å². The summed E-state index contributed by atoms with van der Waals surface area (Å²) in [4.78, 5) is 14.7. The number of terminal acetylenes is 1. The third kappa shape index (κ3) is 3.29. The van der Waals surface area contributed by atoms with Gasteiger partial charge >= 0.3 is 0 Å². The first-order valence-corrected chi connectivity index (χ1v) is 9.37. The molecule has 6 heteroatoms. The van der Waals surface area contributed by atoms with Crippen molar-refractivity contribution in [1.82, 2.24) is 4.72 Å². The van der Waals surface area contributed by atoms with Crippen molar-refractivity contribution in [3.8, 4) is 12.3 Å². The molecule has 5 nitrogen and oxygen atoms in total. The predicted octanol–water partition coefficient (Wildman–Crippen LogP) is 2.19. The highest BCUT2D eigenvalue weighted by Gasteiger charge is 2.31. The summed E-state index contributed by atoms with van der Waals surface area (Å²) in [7, 11) is -3.74. The highest BCUT2D eigenvalue weighted by molar-refractivity contribution is 7.89. The standard InChI is InChI=1S/C19H18N2O3S/c1-3-11-20-25(23,24)17-9-6-8-16(13-17)19(22)21-14(2)12-15-7-4-5-10-18(15)21/h1,4-10,13-14,20H,11-12H2,2H3. The van der Waals surface area contributed by atoms with Crippen molar-refractivity contribution < 1.29 is 13.2 Å². The number of fused-ring (bicyclic) bond motifs is 1. The third-order valence-corrected chi connectivity index (χ3v) is 5.58. The topological polar surface area (TPSA) is 66.5 Å². The van der Waals surface area contributed by atoms with Gasteiger partial charge in [0.25, 0.3) is 5.91 Å². The fourth-order valence-corrected chi connectivity index (χ4v) is 4.01. The minimum atomic E-state index is -3.74. The van der Waals surface area contributed by atoms with Crippen LogP contribution < -0.4 is 9.62 Å². The van der Waals surface area contributed by atoms with Crippen molar-refractivity contribution in [2.75, 3.05) is 11.4 Å². The molecule has 1 amide bonds. The van der Waals surface area contributed by atoms with Crippen molar-refractivity contribution in [2.45, 2.75) is 24.3 Å². The minimum Gasteiger partial charge on any atom is -0.305 e.